The molecule has 0 bridgehead atoms. The molecule has 4 aromatic rings. The number of carboxylic acids is 1. The molecule has 0 aliphatic carbocycles. The molecule has 43 heavy (non-hydrogen) atoms. The van der Waals surface area contributed by atoms with Crippen LogP contribution >= 0.6 is 0 Å². The Bertz CT molecular complexity index is 1560. The number of rotatable bonds is 8. The maximum absolute atomic E-state index is 13.9. The van der Waals surface area contributed by atoms with Crippen LogP contribution < -0.4 is 43.7 Å². The molecule has 0 aliphatic heterocycles. The number of carboxylic acid groups (broad SMARTS) is 1. The van der Waals surface area contributed by atoms with Crippen molar-refractivity contribution in [2.45, 2.75) is 71.7 Å². The summed E-state index contributed by atoms with van der Waals surface area (Å²) in [6.07, 6.45) is -1.86. The largest absolute Gasteiger partial charge is 1.00 e. The van der Waals surface area contributed by atoms with Crippen LogP contribution in [-0.2, 0) is 16.6 Å². The van der Waals surface area contributed by atoms with Gasteiger partial charge >= 0.3 is 35.9 Å². The Morgan fingerprint density at radius 2 is 1.56 bits per heavy atom. The van der Waals surface area contributed by atoms with E-state index in [0.29, 0.717) is 16.9 Å². The van der Waals surface area contributed by atoms with Crippen molar-refractivity contribution in [1.82, 2.24) is 9.38 Å². The fourth-order valence-electron chi connectivity index (χ4n) is 3.85. The van der Waals surface area contributed by atoms with E-state index in [9.17, 15) is 31.5 Å². The second-order valence-corrected chi connectivity index (χ2v) is 11.0. The number of sulfonamides is 1. The van der Waals surface area contributed by atoms with Crippen LogP contribution in [0.15, 0.2) is 77.8 Å². The maximum Gasteiger partial charge on any atom is 1.00 e. The standard InChI is InChI=1S/C25H22F3N3O5S.C3H8.C2H6.Na/c1-16(2)22-23(29-21-5-3-4-14-30(21)22)31(15-17-6-10-19(11-7-17)36-25(26,27)28)37(34,35)20-12-8-18(9-13-20)24(32)33;1-3-2;1-2;/h3-14,16H,15H2,1-2H3,(H,32,33);3H2,1-2H3;1-2H3;/q;;;+1/p-1. The third kappa shape index (κ3) is 9.99. The van der Waals surface area contributed by atoms with Gasteiger partial charge in [-0.25, -0.2) is 17.7 Å². The number of hydrogen-bond donors (Lipinski definition) is 0. The molecule has 13 heteroatoms. The van der Waals surface area contributed by atoms with Crippen LogP contribution in [0, 0.1) is 0 Å². The quantitative estimate of drug-likeness (QED) is 0.276. The van der Waals surface area contributed by atoms with Crippen LogP contribution in [-0.4, -0.2) is 30.1 Å². The van der Waals surface area contributed by atoms with Gasteiger partial charge in [-0.2, -0.15) is 0 Å². The average molecular weight is 630 g/mol. The van der Waals surface area contributed by atoms with Crippen molar-refractivity contribution in [1.29, 1.82) is 0 Å². The van der Waals surface area contributed by atoms with E-state index in [1.54, 1.807) is 28.8 Å². The summed E-state index contributed by atoms with van der Waals surface area (Å²) in [5.41, 5.74) is 1.28. The van der Waals surface area contributed by atoms with Gasteiger partial charge in [0.2, 0.25) is 0 Å². The Kier molecular flexibility index (Phi) is 14.7. The zero-order valence-corrected chi connectivity index (χ0v) is 28.2. The van der Waals surface area contributed by atoms with Gasteiger partial charge in [-0.3, -0.25) is 0 Å². The number of aromatic carboxylic acids is 1. The smallest absolute Gasteiger partial charge is 0.545 e. The van der Waals surface area contributed by atoms with Gasteiger partial charge in [0.05, 0.1) is 23.1 Å². The summed E-state index contributed by atoms with van der Waals surface area (Å²) in [6, 6.07) is 14.6. The maximum atomic E-state index is 13.9. The SMILES string of the molecule is CC.CC(C)c1c(N(Cc2ccc(OC(F)(F)F)cc2)S(=O)(=O)c2ccc(C(=O)[O-])cc2)nc2ccccn12.CCC.[Na+]. The zero-order valence-electron chi connectivity index (χ0n) is 25.3. The number of fused-ring (bicyclic) bond motifs is 1. The minimum absolute atomic E-state index is 0. The van der Waals surface area contributed by atoms with E-state index in [2.05, 4.69) is 23.6 Å². The van der Waals surface area contributed by atoms with E-state index < -0.39 is 28.1 Å². The number of nitrogens with zero attached hydrogens (tertiary/aromatic N) is 3. The van der Waals surface area contributed by atoms with E-state index >= 15 is 0 Å². The van der Waals surface area contributed by atoms with Gasteiger partial charge in [0.1, 0.15) is 11.4 Å². The van der Waals surface area contributed by atoms with E-state index in [4.69, 9.17) is 0 Å². The number of carbonyl (C=O) groups is 1. The van der Waals surface area contributed by atoms with Crippen LogP contribution in [0.4, 0.5) is 19.0 Å². The summed E-state index contributed by atoms with van der Waals surface area (Å²) in [5, 5.41) is 11.1. The predicted octanol–water partition coefficient (Wildman–Crippen LogP) is 3.56. The van der Waals surface area contributed by atoms with Gasteiger partial charge in [0, 0.05) is 6.20 Å². The summed E-state index contributed by atoms with van der Waals surface area (Å²) in [6.45, 7) is 11.7. The van der Waals surface area contributed by atoms with E-state index in [1.165, 1.54) is 18.6 Å². The van der Waals surface area contributed by atoms with Crippen molar-refractivity contribution in [3.63, 3.8) is 0 Å². The Hall–Kier alpha value is -3.06. The number of imidazole rings is 1. The normalized spacial score (nSPS) is 11.0. The molecule has 0 N–H and O–H groups in total. The molecule has 0 amide bonds. The topological polar surface area (TPSA) is 104 Å². The van der Waals surface area contributed by atoms with Gasteiger partial charge in [-0.1, -0.05) is 78.3 Å². The molecule has 2 heterocycles. The molecule has 0 saturated heterocycles. The third-order valence-corrected chi connectivity index (χ3v) is 7.24. The van der Waals surface area contributed by atoms with E-state index in [-0.39, 0.29) is 58.3 Å². The first kappa shape index (κ1) is 38.0. The molecule has 228 valence electrons. The van der Waals surface area contributed by atoms with Crippen molar-refractivity contribution >= 4 is 27.5 Å². The second-order valence-electron chi connectivity index (χ2n) is 9.13. The molecular weight excluding hydrogens is 594 g/mol. The molecule has 4 rings (SSSR count). The number of ether oxygens (including phenoxy) is 1. The molecule has 2 aromatic carbocycles. The number of aromatic nitrogens is 2. The van der Waals surface area contributed by atoms with Crippen molar-refractivity contribution in [3.8, 4) is 5.75 Å². The number of benzene rings is 2. The Morgan fingerprint density at radius 3 is 2.05 bits per heavy atom. The van der Waals surface area contributed by atoms with Gasteiger partial charge < -0.3 is 19.0 Å². The zero-order chi connectivity index (χ0) is 31.7. The fourth-order valence-corrected chi connectivity index (χ4v) is 5.26. The van der Waals surface area contributed by atoms with Crippen molar-refractivity contribution in [2.75, 3.05) is 4.31 Å². The number of hydrogen-bond acceptors (Lipinski definition) is 6. The summed E-state index contributed by atoms with van der Waals surface area (Å²) < 4.78 is 72.1. The molecular formula is C30H35F3N3NaO5S. The number of halogens is 3. The number of pyridine rings is 1. The van der Waals surface area contributed by atoms with Gasteiger partial charge in [0.25, 0.3) is 10.0 Å². The van der Waals surface area contributed by atoms with Gasteiger partial charge in [-0.15, -0.1) is 13.2 Å². The van der Waals surface area contributed by atoms with Crippen molar-refractivity contribution in [3.05, 3.63) is 89.7 Å². The molecule has 0 fully saturated rings. The molecule has 0 spiro atoms. The Balaban J connectivity index is 0.00000145. The summed E-state index contributed by atoms with van der Waals surface area (Å²) in [5.74, 6) is -1.92. The number of alkyl halides is 3. The molecule has 2 aromatic heterocycles. The molecule has 0 radical (unpaired) electrons. The molecule has 0 atom stereocenters. The Labute approximate surface area is 272 Å². The van der Waals surface area contributed by atoms with E-state index in [0.717, 1.165) is 40.7 Å². The van der Waals surface area contributed by atoms with Crippen LogP contribution in [0.25, 0.3) is 5.65 Å². The van der Waals surface area contributed by atoms with Crippen molar-refractivity contribution < 1.29 is 65.8 Å². The third-order valence-electron chi connectivity index (χ3n) is 5.49. The summed E-state index contributed by atoms with van der Waals surface area (Å²) >= 11 is 0. The van der Waals surface area contributed by atoms with Gasteiger partial charge in [-0.05, 0) is 53.4 Å². The molecule has 0 unspecified atom stereocenters. The monoisotopic (exact) mass is 629 g/mol. The second kappa shape index (κ2) is 16.7. The molecule has 0 aliphatic rings. The summed E-state index contributed by atoms with van der Waals surface area (Å²) in [7, 11) is -4.30. The molecule has 0 saturated carbocycles. The summed E-state index contributed by atoms with van der Waals surface area (Å²) in [4.78, 5) is 15.5. The first-order valence-electron chi connectivity index (χ1n) is 13.4. The van der Waals surface area contributed by atoms with Gasteiger partial charge in [0.15, 0.2) is 5.82 Å². The first-order chi connectivity index (χ1) is 19.8. The first-order valence-corrected chi connectivity index (χ1v) is 14.9. The van der Waals surface area contributed by atoms with E-state index in [1.807, 2.05) is 27.7 Å². The predicted molar refractivity (Wildman–Crippen MR) is 154 cm³/mol. The van der Waals surface area contributed by atoms with Crippen LogP contribution in [0.5, 0.6) is 5.75 Å². The minimum Gasteiger partial charge on any atom is -0.545 e. The molecule has 8 nitrogen and oxygen atoms in total. The van der Waals surface area contributed by atoms with Crippen LogP contribution in [0.3, 0.4) is 0 Å². The van der Waals surface area contributed by atoms with Crippen LogP contribution in [0.1, 0.15) is 75.5 Å². The Morgan fingerprint density at radius 1 is 1.00 bits per heavy atom. The minimum atomic E-state index is -4.86. The number of carbonyl (C=O) groups excluding carboxylic acids is 1. The van der Waals surface area contributed by atoms with Crippen molar-refractivity contribution in [2.24, 2.45) is 0 Å². The van der Waals surface area contributed by atoms with Crippen LogP contribution in [0.2, 0.25) is 0 Å². The number of anilines is 1. The average Bonchev–Trinajstić information content (AvgIpc) is 3.33. The fraction of sp³-hybridized carbons (Fsp3) is 0.333.